The number of imidazole rings is 1. The van der Waals surface area contributed by atoms with Gasteiger partial charge in [-0.3, -0.25) is 62.3 Å². The van der Waals surface area contributed by atoms with E-state index >= 15 is 0 Å². The third-order valence-corrected chi connectivity index (χ3v) is 19.0. The maximum Gasteiger partial charge on any atom is 0.326 e. The number of hydrogen-bond donors (Lipinski definition) is 15. The molecule has 0 aliphatic carbocycles. The van der Waals surface area contributed by atoms with Crippen LogP contribution in [-0.2, 0) is 80.0 Å². The molecule has 0 saturated carbocycles. The van der Waals surface area contributed by atoms with Crippen LogP contribution in [0.2, 0.25) is 0 Å². The Morgan fingerprint density at radius 1 is 0.580 bits per heavy atom. The minimum atomic E-state index is -1.73. The molecule has 4 fully saturated rings. The number of amides is 13. The van der Waals surface area contributed by atoms with Gasteiger partial charge in [0.15, 0.2) is 0 Å². The van der Waals surface area contributed by atoms with Gasteiger partial charge in [0.2, 0.25) is 76.8 Å². The van der Waals surface area contributed by atoms with Crippen molar-refractivity contribution in [1.82, 2.24) is 71.8 Å². The Kier molecular flexibility index (Phi) is 28.0. The number of hydrogen-bond acceptors (Lipinski definition) is 18. The van der Waals surface area contributed by atoms with Gasteiger partial charge in [0.05, 0.1) is 25.1 Å². The zero-order valence-corrected chi connectivity index (χ0v) is 57.1. The van der Waals surface area contributed by atoms with Crippen LogP contribution in [0.15, 0.2) is 43.0 Å². The van der Waals surface area contributed by atoms with E-state index in [1.807, 2.05) is 18.2 Å². The Morgan fingerprint density at radius 3 is 1.63 bits per heavy atom. The Balaban J connectivity index is 1.05. The molecule has 2 aromatic heterocycles. The smallest absolute Gasteiger partial charge is 0.326 e. The van der Waals surface area contributed by atoms with Gasteiger partial charge in [0.25, 0.3) is 0 Å². The normalized spacial score (nSPS) is 20.6. The Morgan fingerprint density at radius 2 is 1.09 bits per heavy atom. The molecule has 0 bridgehead atoms. The fourth-order valence-corrected chi connectivity index (χ4v) is 13.3. The molecule has 548 valence electrons. The number of H-pyrrole nitrogens is 2. The lowest BCUT2D eigenvalue weighted by Crippen LogP contribution is -2.62. The number of nitrogens with one attached hydrogen (secondary N) is 9. The number of nitrogens with zero attached hydrogens (tertiary/aromatic N) is 5. The van der Waals surface area contributed by atoms with Crippen LogP contribution in [0.25, 0.3) is 10.9 Å². The van der Waals surface area contributed by atoms with Crippen LogP contribution in [0.1, 0.15) is 136 Å². The number of aliphatic hydroxyl groups is 2. The summed E-state index contributed by atoms with van der Waals surface area (Å²) in [6.07, 6.45) is 4.25. The van der Waals surface area contributed by atoms with Gasteiger partial charge < -0.3 is 99.3 Å². The molecule has 7 rings (SSSR count). The molecule has 0 unspecified atom stereocenters. The van der Waals surface area contributed by atoms with Gasteiger partial charge in [0.1, 0.15) is 66.5 Å². The minimum Gasteiger partial charge on any atom is -0.480 e. The van der Waals surface area contributed by atoms with Gasteiger partial charge in [-0.2, -0.15) is 0 Å². The number of rotatable bonds is 35. The van der Waals surface area contributed by atoms with E-state index in [-0.39, 0.29) is 103 Å². The summed E-state index contributed by atoms with van der Waals surface area (Å²) in [5.74, 6) is -12.3. The quantitative estimate of drug-likeness (QED) is 0.0271. The highest BCUT2D eigenvalue weighted by Gasteiger charge is 2.48. The van der Waals surface area contributed by atoms with Crippen molar-refractivity contribution in [3.05, 3.63) is 54.2 Å². The van der Waals surface area contributed by atoms with Crippen molar-refractivity contribution in [1.29, 1.82) is 0 Å². The number of aromatic amines is 2. The maximum absolute atomic E-state index is 15.0. The van der Waals surface area contributed by atoms with Crippen molar-refractivity contribution < 1.29 is 82.4 Å². The number of para-hydroxylation sites is 1. The Labute approximate surface area is 577 Å². The van der Waals surface area contributed by atoms with Crippen LogP contribution in [0.4, 0.5) is 0 Å². The van der Waals surface area contributed by atoms with Crippen molar-refractivity contribution in [3.8, 4) is 0 Å². The number of carbonyl (C=O) groups excluding carboxylic acids is 13. The summed E-state index contributed by atoms with van der Waals surface area (Å²) >= 11 is 0. The van der Waals surface area contributed by atoms with Gasteiger partial charge in [-0.1, -0.05) is 52.3 Å². The fraction of sp³-hybridized carbons (Fsp3) is 0.621. The largest absolute Gasteiger partial charge is 0.480 e. The lowest BCUT2D eigenvalue weighted by Gasteiger charge is -2.34. The molecule has 4 aliphatic rings. The highest BCUT2D eigenvalue weighted by molar-refractivity contribution is 6.00. The van der Waals surface area contributed by atoms with Gasteiger partial charge in [0, 0.05) is 80.9 Å². The third-order valence-electron chi connectivity index (χ3n) is 19.0. The molecular weight excluding hydrogens is 1300 g/mol. The molecule has 0 spiro atoms. The second-order valence-corrected chi connectivity index (χ2v) is 26.8. The van der Waals surface area contributed by atoms with Crippen molar-refractivity contribution in [3.63, 3.8) is 0 Å². The first-order valence-corrected chi connectivity index (χ1v) is 34.2. The SMILES string of the molecule is CC[C@H](C)[C@H](NC(=O)[C@H](Cc1c[nH]c2ccccc12)NC(=O)[C@@H]1CCCN1C(=O)[C@@H]1CCCN1C(=O)[C@@H](NC(=O)[C@@H](N)CCC(N)=O)[C@@H](C)O)C(=O)N[C@@H](CC(C)C)C(=O)N[C@@H](CO)C(=O)N[C@@H](Cc1cnc[nH]1)C(=O)N1CCC[C@H]1C(=O)N1CCC[C@H]1C(=O)N[C@@H](CCC(N)=O)C(=O)O. The summed E-state index contributed by atoms with van der Waals surface area (Å²) in [6.45, 7) is 7.66. The van der Waals surface area contributed by atoms with Crippen LogP contribution in [0.3, 0.4) is 0 Å². The number of likely N-dealkylation sites (tertiary alicyclic amines) is 4. The maximum atomic E-state index is 15.0. The predicted molar refractivity (Wildman–Crippen MR) is 357 cm³/mol. The Hall–Kier alpha value is -9.57. The lowest BCUT2D eigenvalue weighted by atomic mass is 9.95. The third kappa shape index (κ3) is 20.1. The number of carboxylic acid groups (broad SMARTS) is 1. The summed E-state index contributed by atoms with van der Waals surface area (Å²) < 4.78 is 0. The molecule has 6 heterocycles. The number of carboxylic acids is 1. The highest BCUT2D eigenvalue weighted by atomic mass is 16.4. The molecule has 13 amide bonds. The van der Waals surface area contributed by atoms with E-state index in [1.54, 1.807) is 40.0 Å². The molecule has 14 atom stereocenters. The zero-order valence-electron chi connectivity index (χ0n) is 57.1. The van der Waals surface area contributed by atoms with Crippen LogP contribution < -0.4 is 54.4 Å². The van der Waals surface area contributed by atoms with E-state index < -0.39 is 174 Å². The van der Waals surface area contributed by atoms with E-state index in [0.717, 1.165) is 10.9 Å². The molecule has 4 aliphatic heterocycles. The van der Waals surface area contributed by atoms with E-state index in [9.17, 15) is 82.4 Å². The molecule has 100 heavy (non-hydrogen) atoms. The highest BCUT2D eigenvalue weighted by Crippen LogP contribution is 2.29. The number of primary amides is 2. The van der Waals surface area contributed by atoms with Gasteiger partial charge in [-0.05, 0) is 101 Å². The van der Waals surface area contributed by atoms with E-state index in [1.165, 1.54) is 39.0 Å². The molecule has 3 aromatic rings. The summed E-state index contributed by atoms with van der Waals surface area (Å²) in [5.41, 5.74) is 18.1. The lowest BCUT2D eigenvalue weighted by molar-refractivity contribution is -0.149. The van der Waals surface area contributed by atoms with E-state index in [4.69, 9.17) is 17.2 Å². The van der Waals surface area contributed by atoms with Crippen molar-refractivity contribution in [2.75, 3.05) is 32.8 Å². The van der Waals surface area contributed by atoms with Gasteiger partial charge in [-0.15, -0.1) is 0 Å². The van der Waals surface area contributed by atoms with Crippen molar-refractivity contribution >= 4 is 93.7 Å². The summed E-state index contributed by atoms with van der Waals surface area (Å²) in [5, 5.41) is 50.4. The van der Waals surface area contributed by atoms with Crippen molar-refractivity contribution in [2.45, 2.75) is 216 Å². The second-order valence-electron chi connectivity index (χ2n) is 26.8. The fourth-order valence-electron chi connectivity index (χ4n) is 13.3. The average Bonchev–Trinajstić information content (AvgIpc) is 1.63. The second kappa shape index (κ2) is 36.0. The minimum absolute atomic E-state index is 0.0203. The zero-order chi connectivity index (χ0) is 73.2. The predicted octanol–water partition coefficient (Wildman–Crippen LogP) is -3.56. The average molecular weight is 1400 g/mol. The first kappa shape index (κ1) is 77.8. The number of aromatic nitrogens is 3. The van der Waals surface area contributed by atoms with E-state index in [0.29, 0.717) is 43.4 Å². The molecule has 34 nitrogen and oxygen atoms in total. The molecule has 34 heteroatoms. The number of carbonyl (C=O) groups is 14. The Bertz CT molecular complexity index is 3450. The number of aliphatic hydroxyl groups excluding tert-OH is 2. The van der Waals surface area contributed by atoms with Crippen molar-refractivity contribution in [2.24, 2.45) is 29.0 Å². The summed E-state index contributed by atoms with van der Waals surface area (Å²) in [6, 6.07) is -8.72. The van der Waals surface area contributed by atoms with Gasteiger partial charge in [-0.25, -0.2) is 9.78 Å². The number of nitrogens with two attached hydrogens (primary N) is 3. The summed E-state index contributed by atoms with van der Waals surface area (Å²) in [4.78, 5) is 208. The number of aliphatic carboxylic acids is 1. The van der Waals surface area contributed by atoms with Crippen LogP contribution in [-0.4, -0.2) is 244 Å². The molecular formula is C66H97N17O17. The monoisotopic (exact) mass is 1400 g/mol. The number of fused-ring (bicyclic) bond motifs is 1. The van der Waals surface area contributed by atoms with Crippen LogP contribution in [0.5, 0.6) is 0 Å². The standard InChI is InChI=1S/C66H97N17O17/c1-6-35(4)53(78-57(90)44(28-37-30-71-41-14-8-7-13-39(37)41)74-60(93)48-16-10-24-81(48)64(97)50-18-12-26-83(50)65(98)54(36(5)85)79-55(88)40(67)19-21-51(68)86)61(94)75-43(27-34(2)3)56(89)77-46(32-84)58(91)76-45(29-38-31-70-33-72-38)62(95)82-25-11-17-49(82)63(96)80-23-9-15-47(80)59(92)73-42(66(99)100)20-22-52(69)87/h7-8,13-14,30-31,33-36,40,42-50,53-54,71,84-85H,6,9-12,15-29,32,67H2,1-5H3,(H2,68,86)(H2,69,87)(H,70,72)(H,73,92)(H,74,93)(H,75,94)(H,76,91)(H,77,89)(H,78,90)(H,79,88)(H,99,100)/t35-,36+,40-,42-,43-,44-,45-,46-,47-,48-,49-,50-,53-,54-/m0/s1. The topological polar surface area (TPSA) is 519 Å². The number of benzene rings is 1. The molecule has 0 radical (unpaired) electrons. The van der Waals surface area contributed by atoms with Gasteiger partial charge >= 0.3 is 5.97 Å². The van der Waals surface area contributed by atoms with E-state index in [2.05, 4.69) is 52.2 Å². The first-order valence-electron chi connectivity index (χ1n) is 34.2. The molecule has 18 N–H and O–H groups in total. The molecule has 4 saturated heterocycles. The van der Waals surface area contributed by atoms with Crippen LogP contribution in [0, 0.1) is 11.8 Å². The van der Waals surface area contributed by atoms with Crippen LogP contribution >= 0.6 is 0 Å². The molecule has 1 aromatic carbocycles. The first-order chi connectivity index (χ1) is 47.5. The summed E-state index contributed by atoms with van der Waals surface area (Å²) in [7, 11) is 0.